The molecule has 1 aromatic heterocycles. The van der Waals surface area contributed by atoms with Gasteiger partial charge in [-0.25, -0.2) is 9.97 Å². The number of carbonyl (C=O) groups is 1. The predicted octanol–water partition coefficient (Wildman–Crippen LogP) is 4.04. The third kappa shape index (κ3) is 4.51. The van der Waals surface area contributed by atoms with E-state index in [0.717, 1.165) is 18.0 Å². The minimum Gasteiger partial charge on any atom is -0.366 e. The first-order valence-corrected chi connectivity index (χ1v) is 9.67. The number of anilines is 2. The van der Waals surface area contributed by atoms with E-state index in [1.807, 2.05) is 24.1 Å². The topological polar surface area (TPSA) is 75.3 Å². The number of aromatic nitrogens is 2. The van der Waals surface area contributed by atoms with Crippen molar-refractivity contribution >= 4 is 29.1 Å². The van der Waals surface area contributed by atoms with Crippen molar-refractivity contribution in [3.8, 4) is 0 Å². The van der Waals surface area contributed by atoms with Crippen molar-refractivity contribution in [1.82, 2.24) is 9.97 Å². The highest BCUT2D eigenvalue weighted by Crippen LogP contribution is 2.35. The molecular weight excluding hydrogens is 419 g/mol. The van der Waals surface area contributed by atoms with E-state index in [1.165, 1.54) is 0 Å². The Hall–Kier alpha value is -2.81. The second-order valence-electron chi connectivity index (χ2n) is 7.03. The van der Waals surface area contributed by atoms with E-state index in [-0.39, 0.29) is 12.0 Å². The first-order chi connectivity index (χ1) is 14.1. The molecule has 0 saturated heterocycles. The maximum atomic E-state index is 12.7. The highest BCUT2D eigenvalue weighted by atomic mass is 35.5. The molecule has 1 aliphatic heterocycles. The quantitative estimate of drug-likeness (QED) is 0.735. The number of rotatable bonds is 6. The van der Waals surface area contributed by atoms with E-state index in [2.05, 4.69) is 9.97 Å². The van der Waals surface area contributed by atoms with Gasteiger partial charge in [-0.3, -0.25) is 4.79 Å². The van der Waals surface area contributed by atoms with E-state index in [0.29, 0.717) is 35.7 Å². The Kier molecular flexibility index (Phi) is 6.21. The van der Waals surface area contributed by atoms with Crippen molar-refractivity contribution in [2.75, 3.05) is 23.4 Å². The van der Waals surface area contributed by atoms with Crippen LogP contribution in [0.1, 0.15) is 34.8 Å². The zero-order valence-corrected chi connectivity index (χ0v) is 17.2. The number of hydrogen-bond acceptors (Lipinski definition) is 5. The number of likely N-dealkylation sites (N-methyl/N-ethyl adjacent to an activating group) is 1. The molecule has 2 N–H and O–H groups in total. The fourth-order valence-corrected chi connectivity index (χ4v) is 3.69. The molecule has 30 heavy (non-hydrogen) atoms. The predicted molar refractivity (Wildman–Crippen MR) is 110 cm³/mol. The molecule has 6 nitrogen and oxygen atoms in total. The number of carbonyl (C=O) groups excluding carboxylic acids is 1. The Morgan fingerprint density at radius 2 is 2.00 bits per heavy atom. The summed E-state index contributed by atoms with van der Waals surface area (Å²) in [5, 5.41) is 0.432. The van der Waals surface area contributed by atoms with E-state index in [4.69, 9.17) is 17.3 Å². The van der Waals surface area contributed by atoms with E-state index >= 15 is 0 Å². The molecule has 0 unspecified atom stereocenters. The van der Waals surface area contributed by atoms with Gasteiger partial charge < -0.3 is 15.5 Å². The Morgan fingerprint density at radius 1 is 1.33 bits per heavy atom. The van der Waals surface area contributed by atoms with E-state index < -0.39 is 17.6 Å². The monoisotopic (exact) mass is 439 g/mol. The number of primary amides is 1. The van der Waals surface area contributed by atoms with Crippen LogP contribution in [0.4, 0.5) is 24.8 Å². The maximum Gasteiger partial charge on any atom is 0.419 e. The van der Waals surface area contributed by atoms with Gasteiger partial charge in [0.1, 0.15) is 0 Å². The van der Waals surface area contributed by atoms with Crippen LogP contribution in [0.5, 0.6) is 0 Å². The van der Waals surface area contributed by atoms with Crippen LogP contribution in [0.3, 0.4) is 0 Å². The van der Waals surface area contributed by atoms with Crippen molar-refractivity contribution in [3.63, 3.8) is 0 Å². The molecule has 0 saturated carbocycles. The summed E-state index contributed by atoms with van der Waals surface area (Å²) in [6.45, 7) is 2.39. The highest BCUT2D eigenvalue weighted by Gasteiger charge is 2.32. The van der Waals surface area contributed by atoms with Gasteiger partial charge in [-0.2, -0.15) is 13.2 Å². The molecule has 1 aliphatic rings. The molecule has 2 heterocycles. The van der Waals surface area contributed by atoms with Crippen LogP contribution in [-0.2, 0) is 12.6 Å². The van der Waals surface area contributed by atoms with Gasteiger partial charge in [0.2, 0.25) is 5.95 Å². The van der Waals surface area contributed by atoms with Gasteiger partial charge in [-0.15, -0.1) is 0 Å². The number of nitrogens with two attached hydrogens (primary N) is 1. The molecule has 0 spiro atoms. The number of allylic oxidation sites excluding steroid dienone is 1. The molecule has 10 heteroatoms. The lowest BCUT2D eigenvalue weighted by Crippen LogP contribution is -2.42. The third-order valence-electron chi connectivity index (χ3n) is 4.94. The largest absolute Gasteiger partial charge is 0.419 e. The number of fused-ring (bicyclic) bond motifs is 1. The van der Waals surface area contributed by atoms with Crippen molar-refractivity contribution in [1.29, 1.82) is 0 Å². The lowest BCUT2D eigenvalue weighted by atomic mass is 9.98. The van der Waals surface area contributed by atoms with Gasteiger partial charge >= 0.3 is 6.18 Å². The van der Waals surface area contributed by atoms with Crippen LogP contribution < -0.4 is 15.5 Å². The standard InChI is InChI=1S/C20H21ClF3N5O/c1-3-15(11-28(2)19-26-9-13(10-27-19)20(22,23)24)29-6-4-5-12-7-14(21)8-16(17(12)29)18(25)30/h4,6-10,15H,3,5,11H2,1-2H3,(H2,25,30)/t15-/m0/s1. The van der Waals surface area contributed by atoms with Crippen LogP contribution >= 0.6 is 11.6 Å². The Labute approximate surface area is 177 Å². The van der Waals surface area contributed by atoms with E-state index in [1.54, 1.807) is 24.1 Å². The summed E-state index contributed by atoms with van der Waals surface area (Å²) in [5.41, 5.74) is 6.59. The molecule has 0 fully saturated rings. The summed E-state index contributed by atoms with van der Waals surface area (Å²) in [5.74, 6) is -0.405. The summed E-state index contributed by atoms with van der Waals surface area (Å²) in [6, 6.07) is 3.23. The first kappa shape index (κ1) is 21.9. The van der Waals surface area contributed by atoms with Crippen molar-refractivity contribution < 1.29 is 18.0 Å². The van der Waals surface area contributed by atoms with Gasteiger partial charge in [-0.05, 0) is 30.5 Å². The average molecular weight is 440 g/mol. The number of alkyl halides is 3. The minimum absolute atomic E-state index is 0.115. The molecule has 0 bridgehead atoms. The van der Waals surface area contributed by atoms with Crippen molar-refractivity contribution in [3.05, 3.63) is 58.5 Å². The van der Waals surface area contributed by atoms with Crippen LogP contribution in [0.25, 0.3) is 0 Å². The molecule has 1 atom stereocenters. The zero-order chi connectivity index (χ0) is 22.1. The van der Waals surface area contributed by atoms with Crippen molar-refractivity contribution in [2.45, 2.75) is 32.0 Å². The van der Waals surface area contributed by atoms with Gasteiger partial charge in [0.25, 0.3) is 5.91 Å². The Morgan fingerprint density at radius 3 is 2.57 bits per heavy atom. The first-order valence-electron chi connectivity index (χ1n) is 9.29. The fourth-order valence-electron chi connectivity index (χ4n) is 3.45. The lowest BCUT2D eigenvalue weighted by molar-refractivity contribution is -0.138. The summed E-state index contributed by atoms with van der Waals surface area (Å²) in [7, 11) is 1.71. The molecule has 3 rings (SSSR count). The second-order valence-corrected chi connectivity index (χ2v) is 7.47. The summed E-state index contributed by atoms with van der Waals surface area (Å²) in [4.78, 5) is 23.4. The lowest BCUT2D eigenvalue weighted by Gasteiger charge is -2.37. The van der Waals surface area contributed by atoms with Gasteiger partial charge in [0, 0.05) is 37.2 Å². The van der Waals surface area contributed by atoms with Crippen LogP contribution in [0.2, 0.25) is 5.02 Å². The van der Waals surface area contributed by atoms with E-state index in [9.17, 15) is 18.0 Å². The molecule has 160 valence electrons. The number of hydrogen-bond donors (Lipinski definition) is 1. The van der Waals surface area contributed by atoms with Crippen LogP contribution in [-0.4, -0.2) is 35.5 Å². The van der Waals surface area contributed by atoms with Gasteiger partial charge in [0.15, 0.2) is 0 Å². The highest BCUT2D eigenvalue weighted by molar-refractivity contribution is 6.31. The molecule has 1 aromatic carbocycles. The normalized spacial score (nSPS) is 14.4. The fraction of sp³-hybridized carbons (Fsp3) is 0.350. The minimum atomic E-state index is -4.49. The molecule has 2 aromatic rings. The van der Waals surface area contributed by atoms with Crippen LogP contribution in [0.15, 0.2) is 36.8 Å². The molecule has 1 amide bonds. The third-order valence-corrected chi connectivity index (χ3v) is 5.16. The summed E-state index contributed by atoms with van der Waals surface area (Å²) < 4.78 is 38.2. The SMILES string of the molecule is CC[C@@H](CN(C)c1ncc(C(F)(F)F)cn1)N1C=CCc2cc(Cl)cc(C(N)=O)c21. The number of nitrogens with zero attached hydrogens (tertiary/aromatic N) is 4. The maximum absolute atomic E-state index is 12.7. The number of amides is 1. The zero-order valence-electron chi connectivity index (χ0n) is 16.4. The second kappa shape index (κ2) is 8.51. The molecule has 0 radical (unpaired) electrons. The molecular formula is C20H21ClF3N5O. The number of benzene rings is 1. The van der Waals surface area contributed by atoms with Crippen molar-refractivity contribution in [2.24, 2.45) is 5.73 Å². The Balaban J connectivity index is 1.88. The van der Waals surface area contributed by atoms with Crippen LogP contribution in [0, 0.1) is 0 Å². The smallest absolute Gasteiger partial charge is 0.366 e. The van der Waals surface area contributed by atoms with Gasteiger partial charge in [0.05, 0.1) is 22.9 Å². The summed E-state index contributed by atoms with van der Waals surface area (Å²) in [6.07, 6.45) is 2.19. The average Bonchev–Trinajstić information content (AvgIpc) is 2.70. The Bertz CT molecular complexity index is 962. The summed E-state index contributed by atoms with van der Waals surface area (Å²) >= 11 is 6.14. The molecule has 0 aliphatic carbocycles. The van der Waals surface area contributed by atoms with Gasteiger partial charge in [-0.1, -0.05) is 24.6 Å². The number of halogens is 4.